The van der Waals surface area contributed by atoms with Gasteiger partial charge in [-0.05, 0) is 42.2 Å². The Balaban J connectivity index is 0.00000140. The molecular formula is C24H29N5O5Os-2. The Labute approximate surface area is 214 Å². The second-order valence-electron chi connectivity index (χ2n) is 7.69. The molecule has 4 rings (SSSR count). The number of carbonyl (C=O) groups is 1. The van der Waals surface area contributed by atoms with Crippen LogP contribution >= 0.6 is 0 Å². The number of nitrogens with zero attached hydrogens (tertiary/aromatic N) is 4. The first-order valence-corrected chi connectivity index (χ1v) is 11.9. The van der Waals surface area contributed by atoms with Gasteiger partial charge in [-0.1, -0.05) is 12.1 Å². The van der Waals surface area contributed by atoms with Crippen LogP contribution in [0.2, 0.25) is 0 Å². The molecule has 1 amide bonds. The van der Waals surface area contributed by atoms with Gasteiger partial charge < -0.3 is 21.5 Å². The van der Waals surface area contributed by atoms with Crippen molar-refractivity contribution < 1.29 is 36.5 Å². The van der Waals surface area contributed by atoms with E-state index in [0.29, 0.717) is 44.0 Å². The minimum atomic E-state index is -0.388. The molecule has 2 aromatic heterocycles. The summed E-state index contributed by atoms with van der Waals surface area (Å²) >= 11 is 0.611. The number of aryl methyl sites for hydroxylation is 1. The normalized spacial score (nSPS) is 14.7. The van der Waals surface area contributed by atoms with Crippen LogP contribution in [0.4, 0.5) is 0 Å². The molecule has 1 saturated heterocycles. The van der Waals surface area contributed by atoms with Crippen molar-refractivity contribution in [1.29, 1.82) is 0 Å². The Morgan fingerprint density at radius 3 is 2.51 bits per heavy atom. The number of hydroxylamine groups is 1. The number of carbonyl (C=O) groups excluding carboxylic acids is 1. The molecule has 1 aliphatic heterocycles. The van der Waals surface area contributed by atoms with E-state index in [2.05, 4.69) is 15.7 Å². The zero-order valence-electron chi connectivity index (χ0n) is 19.7. The number of pyridine rings is 1. The van der Waals surface area contributed by atoms with Gasteiger partial charge in [-0.15, -0.1) is 6.42 Å². The molecule has 1 aromatic carbocycles. The van der Waals surface area contributed by atoms with Crippen LogP contribution in [0.3, 0.4) is 0 Å². The maximum absolute atomic E-state index is 12.6. The van der Waals surface area contributed by atoms with E-state index in [1.54, 1.807) is 36.1 Å². The number of ether oxygens (including phenoxy) is 1. The fourth-order valence-corrected chi connectivity index (χ4v) is 3.42. The molecule has 35 heavy (non-hydrogen) atoms. The van der Waals surface area contributed by atoms with Gasteiger partial charge >= 0.3 is 22.1 Å². The first-order chi connectivity index (χ1) is 16.6. The van der Waals surface area contributed by atoms with E-state index in [9.17, 15) is 9.59 Å². The molecule has 0 spiro atoms. The van der Waals surface area contributed by atoms with Crippen molar-refractivity contribution in [3.63, 3.8) is 0 Å². The number of aromatic nitrogens is 4. The van der Waals surface area contributed by atoms with Crippen LogP contribution in [0.25, 0.3) is 16.8 Å². The number of rotatable bonds is 8. The number of nitrogens with one attached hydrogen (secondary N) is 1. The van der Waals surface area contributed by atoms with E-state index in [1.165, 1.54) is 4.80 Å². The quantitative estimate of drug-likeness (QED) is 0.293. The summed E-state index contributed by atoms with van der Waals surface area (Å²) in [6, 6.07) is 11.1. The molecule has 0 bridgehead atoms. The minimum absolute atomic E-state index is 0. The number of hydrogen-bond acceptors (Lipinski definition) is 7. The van der Waals surface area contributed by atoms with E-state index >= 15 is 0 Å². The first kappa shape index (κ1) is 28.2. The molecule has 1 unspecified atom stereocenters. The third-order valence-electron chi connectivity index (χ3n) is 5.38. The van der Waals surface area contributed by atoms with Gasteiger partial charge in [0.1, 0.15) is 5.91 Å². The second kappa shape index (κ2) is 14.4. The van der Waals surface area contributed by atoms with Crippen LogP contribution in [0, 0.1) is 13.3 Å². The SMILES string of the molecule is C[C-](CCn1ccc(-c2ccc(-n3nccn3)cc2)cc1=O)C(=O)NOC1CCCCO1.[CH3-].[O]=[Os]. The van der Waals surface area contributed by atoms with Gasteiger partial charge in [0.05, 0.1) is 18.1 Å². The standard InChI is InChI=1S/C23H26N5O4.CH3.O.Os/c1-17(23(30)26-32-22-4-2-3-15-31-22)9-13-27-14-10-19(16-21(27)29)18-5-7-20(8-6-18)28-24-11-12-25-28;;;/h5-8,10-12,14,16,22H,2-4,9,13,15H2,1H3,(H,26,30);1H3;;/q2*-1;;. The maximum atomic E-state index is 12.6. The van der Waals surface area contributed by atoms with Crippen LogP contribution in [0.1, 0.15) is 32.6 Å². The molecule has 0 aliphatic carbocycles. The average Bonchev–Trinajstić information content (AvgIpc) is 3.43. The summed E-state index contributed by atoms with van der Waals surface area (Å²) in [5, 5.41) is 8.21. The zero-order chi connectivity index (χ0) is 24.3. The molecule has 1 aliphatic rings. The van der Waals surface area contributed by atoms with E-state index in [4.69, 9.17) is 13.1 Å². The van der Waals surface area contributed by atoms with Crippen molar-refractivity contribution in [2.24, 2.45) is 0 Å². The Kier molecular flexibility index (Phi) is 11.6. The molecule has 1 fully saturated rings. The van der Waals surface area contributed by atoms with Crippen molar-refractivity contribution in [1.82, 2.24) is 25.0 Å². The summed E-state index contributed by atoms with van der Waals surface area (Å²) in [6.45, 7) is 2.78. The fourth-order valence-electron chi connectivity index (χ4n) is 3.42. The summed E-state index contributed by atoms with van der Waals surface area (Å²) < 4.78 is 15.3. The van der Waals surface area contributed by atoms with E-state index in [0.717, 1.165) is 36.1 Å². The molecule has 1 N–H and O–H groups in total. The van der Waals surface area contributed by atoms with Gasteiger partial charge in [0.25, 0.3) is 5.56 Å². The topological polar surface area (TPSA) is 117 Å². The van der Waals surface area contributed by atoms with Gasteiger partial charge in [-0.25, -0.2) is 4.84 Å². The first-order valence-electron chi connectivity index (χ1n) is 10.8. The predicted molar refractivity (Wildman–Crippen MR) is 125 cm³/mol. The second-order valence-corrected chi connectivity index (χ2v) is 7.69. The zero-order valence-corrected chi connectivity index (χ0v) is 22.2. The van der Waals surface area contributed by atoms with E-state index in [-0.39, 0.29) is 25.2 Å². The monoisotopic (exact) mass is 659 g/mol. The summed E-state index contributed by atoms with van der Waals surface area (Å²) in [6.07, 6.45) is 7.84. The van der Waals surface area contributed by atoms with Crippen molar-refractivity contribution in [2.45, 2.75) is 45.4 Å². The number of benzene rings is 1. The van der Waals surface area contributed by atoms with Gasteiger partial charge in [0.2, 0.25) is 0 Å². The molecule has 0 saturated carbocycles. The van der Waals surface area contributed by atoms with Gasteiger partial charge in [-0.3, -0.25) is 16.2 Å². The molecule has 11 heteroatoms. The Hall–Kier alpha value is -2.99. The molecule has 3 heterocycles. The van der Waals surface area contributed by atoms with Crippen LogP contribution in [-0.4, -0.2) is 38.4 Å². The summed E-state index contributed by atoms with van der Waals surface area (Å²) in [7, 11) is 0. The third-order valence-corrected chi connectivity index (χ3v) is 5.38. The van der Waals surface area contributed by atoms with Crippen molar-refractivity contribution in [2.75, 3.05) is 6.61 Å². The van der Waals surface area contributed by atoms with Gasteiger partial charge in [0.15, 0.2) is 6.29 Å². The molecule has 1 atom stereocenters. The Morgan fingerprint density at radius 1 is 1.17 bits per heavy atom. The Morgan fingerprint density at radius 2 is 1.89 bits per heavy atom. The van der Waals surface area contributed by atoms with Crippen LogP contribution in [0.5, 0.6) is 0 Å². The Bertz CT molecular complexity index is 1100. The number of amides is 1. The van der Waals surface area contributed by atoms with Crippen molar-refractivity contribution >= 4 is 5.91 Å². The average molecular weight is 658 g/mol. The van der Waals surface area contributed by atoms with E-state index < -0.39 is 0 Å². The summed E-state index contributed by atoms with van der Waals surface area (Å²) in [5.41, 5.74) is 4.92. The summed E-state index contributed by atoms with van der Waals surface area (Å²) in [4.78, 5) is 31.6. The molecule has 0 radical (unpaired) electrons. The van der Waals surface area contributed by atoms with Gasteiger partial charge in [0, 0.05) is 31.8 Å². The fraction of sp³-hybridized carbons (Fsp3) is 0.333. The van der Waals surface area contributed by atoms with E-state index in [1.807, 2.05) is 30.3 Å². The third kappa shape index (κ3) is 8.03. The predicted octanol–water partition coefficient (Wildman–Crippen LogP) is 2.98. The van der Waals surface area contributed by atoms with Crippen molar-refractivity contribution in [3.05, 3.63) is 78.7 Å². The van der Waals surface area contributed by atoms with Crippen LogP contribution in [-0.2, 0) is 43.0 Å². The van der Waals surface area contributed by atoms with Crippen LogP contribution < -0.4 is 11.0 Å². The molecular weight excluding hydrogens is 629 g/mol. The van der Waals surface area contributed by atoms with Gasteiger partial charge in [-0.2, -0.15) is 21.9 Å². The van der Waals surface area contributed by atoms with Crippen LogP contribution in [0.15, 0.2) is 59.8 Å². The molecule has 3 aromatic rings. The number of hydrogen-bond donors (Lipinski definition) is 1. The molecule has 10 nitrogen and oxygen atoms in total. The summed E-state index contributed by atoms with van der Waals surface area (Å²) in [5.74, 6) is 0.287. The van der Waals surface area contributed by atoms with Crippen molar-refractivity contribution in [3.8, 4) is 16.8 Å². The molecule has 190 valence electrons.